The lowest BCUT2D eigenvalue weighted by Crippen LogP contribution is -2.37. The summed E-state index contributed by atoms with van der Waals surface area (Å²) >= 11 is 7.95. The second-order valence-electron chi connectivity index (χ2n) is 6.06. The predicted molar refractivity (Wildman–Crippen MR) is 105 cm³/mol. The number of halogens is 2. The van der Waals surface area contributed by atoms with Gasteiger partial charge in [0.2, 0.25) is 0 Å². The summed E-state index contributed by atoms with van der Waals surface area (Å²) in [6.07, 6.45) is 1.80. The van der Waals surface area contributed by atoms with Gasteiger partial charge in [0.1, 0.15) is 5.82 Å². The van der Waals surface area contributed by atoms with Crippen LogP contribution in [0.1, 0.15) is 11.3 Å². The molecule has 0 atom stereocenters. The molecule has 0 radical (unpaired) electrons. The van der Waals surface area contributed by atoms with Crippen molar-refractivity contribution in [2.45, 2.75) is 18.0 Å². The van der Waals surface area contributed by atoms with E-state index in [0.29, 0.717) is 30.3 Å². The summed E-state index contributed by atoms with van der Waals surface area (Å²) < 4.78 is 16.5. The molecule has 0 bridgehead atoms. The van der Waals surface area contributed by atoms with Gasteiger partial charge in [0.05, 0.1) is 24.6 Å². The highest BCUT2D eigenvalue weighted by atomic mass is 35.5. The molecule has 1 aromatic heterocycles. The number of para-hydroxylation sites is 1. The van der Waals surface area contributed by atoms with Crippen molar-refractivity contribution in [2.75, 3.05) is 11.6 Å². The third-order valence-electron chi connectivity index (χ3n) is 4.24. The van der Waals surface area contributed by atoms with Crippen molar-refractivity contribution in [1.29, 1.82) is 0 Å². The largest absolute Gasteiger partial charge is 0.352 e. The van der Waals surface area contributed by atoms with Gasteiger partial charge in [-0.2, -0.15) is 0 Å². The Hall–Kier alpha value is -2.08. The fourth-order valence-electron chi connectivity index (χ4n) is 2.99. The molecule has 0 unspecified atom stereocenters. The first kappa shape index (κ1) is 17.3. The van der Waals surface area contributed by atoms with Crippen LogP contribution >= 0.6 is 23.5 Å². The van der Waals surface area contributed by atoms with Crippen molar-refractivity contribution >= 4 is 29.2 Å². The number of benzene rings is 2. The third kappa shape index (κ3) is 3.70. The Morgan fingerprint density at radius 2 is 1.85 bits per heavy atom. The smallest absolute Gasteiger partial charge is 0.129 e. The molecule has 0 amide bonds. The molecule has 3 aromatic rings. The van der Waals surface area contributed by atoms with Gasteiger partial charge in [0, 0.05) is 28.2 Å². The lowest BCUT2D eigenvalue weighted by Gasteiger charge is -2.37. The number of pyridine rings is 1. The van der Waals surface area contributed by atoms with E-state index >= 15 is 0 Å². The fraction of sp³-hybridized carbons (Fsp3) is 0.150. The molecule has 1 aliphatic rings. The Balaban J connectivity index is 1.62. The molecule has 4 rings (SSSR count). The van der Waals surface area contributed by atoms with Gasteiger partial charge in [-0.05, 0) is 48.3 Å². The van der Waals surface area contributed by atoms with Crippen LogP contribution in [-0.2, 0) is 13.1 Å². The van der Waals surface area contributed by atoms with Gasteiger partial charge in [-0.25, -0.2) is 8.70 Å². The summed E-state index contributed by atoms with van der Waals surface area (Å²) in [5, 5.41) is 0.456. The molecule has 0 fully saturated rings. The van der Waals surface area contributed by atoms with Crippen molar-refractivity contribution in [3.8, 4) is 0 Å². The molecule has 0 spiro atoms. The van der Waals surface area contributed by atoms with Crippen LogP contribution in [0.5, 0.6) is 0 Å². The topological polar surface area (TPSA) is 19.4 Å². The van der Waals surface area contributed by atoms with Crippen LogP contribution in [0.3, 0.4) is 0 Å². The summed E-state index contributed by atoms with van der Waals surface area (Å²) in [7, 11) is 0. The molecule has 6 heteroatoms. The zero-order valence-electron chi connectivity index (χ0n) is 14.0. The summed E-state index contributed by atoms with van der Waals surface area (Å²) in [5.74, 6) is -0.274. The summed E-state index contributed by atoms with van der Waals surface area (Å²) in [5.41, 5.74) is 2.62. The van der Waals surface area contributed by atoms with E-state index < -0.39 is 0 Å². The molecule has 3 nitrogen and oxygen atoms in total. The lowest BCUT2D eigenvalue weighted by molar-refractivity contribution is 0.437. The van der Waals surface area contributed by atoms with Crippen molar-refractivity contribution in [3.05, 3.63) is 89.0 Å². The maximum atomic E-state index is 14.3. The first-order valence-electron chi connectivity index (χ1n) is 8.30. The molecular weight excluding hydrogens is 369 g/mol. The highest BCUT2D eigenvalue weighted by molar-refractivity contribution is 7.97. The predicted octanol–water partition coefficient (Wildman–Crippen LogP) is 5.36. The Morgan fingerprint density at radius 1 is 1.00 bits per heavy atom. The Labute approximate surface area is 161 Å². The van der Waals surface area contributed by atoms with E-state index in [0.717, 1.165) is 16.3 Å². The van der Waals surface area contributed by atoms with E-state index in [2.05, 4.69) is 26.3 Å². The highest BCUT2D eigenvalue weighted by Gasteiger charge is 2.25. The highest BCUT2D eigenvalue weighted by Crippen LogP contribution is 2.39. The van der Waals surface area contributed by atoms with Crippen LogP contribution in [0.4, 0.5) is 10.1 Å². The molecule has 2 heterocycles. The molecule has 0 saturated carbocycles. The summed E-state index contributed by atoms with van der Waals surface area (Å²) in [6.45, 7) is 1.78. The molecule has 1 aliphatic heterocycles. The quantitative estimate of drug-likeness (QED) is 0.563. The molecule has 0 aliphatic carbocycles. The van der Waals surface area contributed by atoms with E-state index in [1.54, 1.807) is 30.3 Å². The number of nitrogens with zero attached hydrogens (tertiary/aromatic N) is 3. The Bertz CT molecular complexity index is 886. The number of hydrogen-bond acceptors (Lipinski definition) is 4. The minimum absolute atomic E-state index is 0.274. The zero-order valence-corrected chi connectivity index (χ0v) is 15.6. The van der Waals surface area contributed by atoms with E-state index in [4.69, 9.17) is 11.6 Å². The van der Waals surface area contributed by atoms with Gasteiger partial charge < -0.3 is 4.90 Å². The van der Waals surface area contributed by atoms with Crippen LogP contribution in [0.15, 0.2) is 71.8 Å². The van der Waals surface area contributed by atoms with Gasteiger partial charge in [-0.15, -0.1) is 0 Å². The van der Waals surface area contributed by atoms with Gasteiger partial charge in [0.15, 0.2) is 0 Å². The second kappa shape index (κ2) is 7.66. The van der Waals surface area contributed by atoms with Crippen molar-refractivity contribution < 1.29 is 4.39 Å². The van der Waals surface area contributed by atoms with Crippen LogP contribution in [0.2, 0.25) is 5.02 Å². The molecule has 132 valence electrons. The molecule has 26 heavy (non-hydrogen) atoms. The van der Waals surface area contributed by atoms with E-state index in [1.165, 1.54) is 6.07 Å². The average Bonchev–Trinajstić information content (AvgIpc) is 2.65. The number of aromatic nitrogens is 1. The van der Waals surface area contributed by atoms with Crippen LogP contribution < -0.4 is 4.90 Å². The van der Waals surface area contributed by atoms with Gasteiger partial charge in [-0.1, -0.05) is 35.9 Å². The first-order chi connectivity index (χ1) is 12.7. The van der Waals surface area contributed by atoms with Crippen molar-refractivity contribution in [3.63, 3.8) is 0 Å². The van der Waals surface area contributed by atoms with E-state index in [-0.39, 0.29) is 5.82 Å². The number of rotatable bonds is 4. The normalized spacial score (nSPS) is 14.3. The van der Waals surface area contributed by atoms with Crippen LogP contribution in [0, 0.1) is 5.82 Å². The minimum Gasteiger partial charge on any atom is -0.352 e. The van der Waals surface area contributed by atoms with Crippen molar-refractivity contribution in [2.24, 2.45) is 0 Å². The fourth-order valence-corrected chi connectivity index (χ4v) is 4.32. The standard InChI is InChI=1S/C20H17ClFN3S/c21-17-7-5-8-18(22)16(17)13-24-14-25(12-15-6-3-4-11-23-15)26-20-10-2-1-9-19(20)24/h1-11H,12-14H2. The third-order valence-corrected chi connectivity index (χ3v) is 5.64. The number of hydrogen-bond donors (Lipinski definition) is 0. The Kier molecular flexibility index (Phi) is 5.11. The summed E-state index contributed by atoms with van der Waals surface area (Å²) in [4.78, 5) is 7.70. The lowest BCUT2D eigenvalue weighted by atomic mass is 10.2. The monoisotopic (exact) mass is 385 g/mol. The van der Waals surface area contributed by atoms with Crippen LogP contribution in [0.25, 0.3) is 0 Å². The van der Waals surface area contributed by atoms with Gasteiger partial charge in [0.25, 0.3) is 0 Å². The van der Waals surface area contributed by atoms with Crippen LogP contribution in [-0.4, -0.2) is 16.0 Å². The van der Waals surface area contributed by atoms with E-state index in [9.17, 15) is 4.39 Å². The maximum Gasteiger partial charge on any atom is 0.129 e. The average molecular weight is 386 g/mol. The maximum absolute atomic E-state index is 14.3. The molecule has 2 aromatic carbocycles. The van der Waals surface area contributed by atoms with Gasteiger partial charge in [-0.3, -0.25) is 4.98 Å². The minimum atomic E-state index is -0.274. The number of fused-ring (bicyclic) bond motifs is 1. The summed E-state index contributed by atoms with van der Waals surface area (Å²) in [6, 6.07) is 18.9. The van der Waals surface area contributed by atoms with E-state index in [1.807, 2.05) is 30.3 Å². The molecular formula is C20H17ClFN3S. The molecule has 0 N–H and O–H groups in total. The van der Waals surface area contributed by atoms with Gasteiger partial charge >= 0.3 is 0 Å². The first-order valence-corrected chi connectivity index (χ1v) is 9.45. The van der Waals surface area contributed by atoms with Crippen molar-refractivity contribution in [1.82, 2.24) is 9.29 Å². The second-order valence-corrected chi connectivity index (χ2v) is 7.61. The SMILES string of the molecule is Fc1cccc(Cl)c1CN1CN(Cc2ccccn2)Sc2ccccc21. The number of anilines is 1. The zero-order chi connectivity index (χ0) is 17.9. The Morgan fingerprint density at radius 3 is 2.65 bits per heavy atom. The molecule has 0 saturated heterocycles.